The van der Waals surface area contributed by atoms with Crippen molar-refractivity contribution in [2.75, 3.05) is 12.4 Å². The van der Waals surface area contributed by atoms with E-state index in [1.165, 1.54) is 19.5 Å². The highest BCUT2D eigenvalue weighted by Crippen LogP contribution is 2.01. The minimum absolute atomic E-state index is 0.0503. The molecule has 1 heterocycles. The van der Waals surface area contributed by atoms with Crippen LogP contribution in [0, 0.1) is 0 Å². The van der Waals surface area contributed by atoms with Gasteiger partial charge in [0.15, 0.2) is 11.5 Å². The van der Waals surface area contributed by atoms with Gasteiger partial charge in [0.1, 0.15) is 0 Å². The van der Waals surface area contributed by atoms with Crippen molar-refractivity contribution in [1.82, 2.24) is 9.97 Å². The number of carbonyl (C=O) groups excluding carboxylic acids is 2. The van der Waals surface area contributed by atoms with Crippen LogP contribution in [0.1, 0.15) is 10.5 Å². The highest BCUT2D eigenvalue weighted by molar-refractivity contribution is 5.87. The second kappa shape index (κ2) is 4.15. The molecule has 0 bridgehead atoms. The summed E-state index contributed by atoms with van der Waals surface area (Å²) in [6.45, 7) is 0. The molecule has 0 saturated carbocycles. The predicted molar refractivity (Wildman–Crippen MR) is 43.1 cm³/mol. The van der Waals surface area contributed by atoms with E-state index in [0.29, 0.717) is 6.41 Å². The molecule has 0 aliphatic rings. The minimum Gasteiger partial charge on any atom is -0.464 e. The van der Waals surface area contributed by atoms with Crippen molar-refractivity contribution >= 4 is 18.2 Å². The molecule has 0 radical (unpaired) electrons. The Morgan fingerprint density at radius 3 is 3.00 bits per heavy atom. The second-order valence-corrected chi connectivity index (χ2v) is 2.04. The Morgan fingerprint density at radius 1 is 1.62 bits per heavy atom. The highest BCUT2D eigenvalue weighted by atomic mass is 16.5. The largest absolute Gasteiger partial charge is 0.464 e. The normalized spacial score (nSPS) is 9.00. The van der Waals surface area contributed by atoms with Gasteiger partial charge in [-0.2, -0.15) is 0 Å². The predicted octanol–water partition coefficient (Wildman–Crippen LogP) is -0.169. The van der Waals surface area contributed by atoms with Gasteiger partial charge in [-0.1, -0.05) is 0 Å². The lowest BCUT2D eigenvalue weighted by atomic mass is 10.4. The van der Waals surface area contributed by atoms with Crippen molar-refractivity contribution in [3.8, 4) is 0 Å². The molecular formula is C7H7N3O3. The van der Waals surface area contributed by atoms with E-state index >= 15 is 0 Å². The number of aromatic nitrogens is 2. The molecule has 0 unspecified atom stereocenters. The number of amides is 1. The third kappa shape index (κ3) is 2.22. The van der Waals surface area contributed by atoms with E-state index in [1.807, 2.05) is 0 Å². The molecule has 0 aromatic carbocycles. The molecule has 0 atom stereocenters. The summed E-state index contributed by atoms with van der Waals surface area (Å²) in [5, 5.41) is 2.26. The molecule has 13 heavy (non-hydrogen) atoms. The van der Waals surface area contributed by atoms with Gasteiger partial charge in [0, 0.05) is 0 Å². The number of hydrogen-bond acceptors (Lipinski definition) is 5. The van der Waals surface area contributed by atoms with E-state index in [0.717, 1.165) is 0 Å². The molecule has 0 aliphatic carbocycles. The number of esters is 1. The molecule has 0 aliphatic heterocycles. The van der Waals surface area contributed by atoms with Gasteiger partial charge in [-0.15, -0.1) is 0 Å². The van der Waals surface area contributed by atoms with Crippen LogP contribution in [0.3, 0.4) is 0 Å². The average molecular weight is 181 g/mol. The van der Waals surface area contributed by atoms with Crippen LogP contribution in [-0.4, -0.2) is 29.5 Å². The van der Waals surface area contributed by atoms with Crippen molar-refractivity contribution in [2.24, 2.45) is 0 Å². The van der Waals surface area contributed by atoms with Crippen LogP contribution in [0.15, 0.2) is 12.4 Å². The van der Waals surface area contributed by atoms with E-state index in [9.17, 15) is 9.59 Å². The first-order valence-electron chi connectivity index (χ1n) is 3.38. The summed E-state index contributed by atoms with van der Waals surface area (Å²) < 4.78 is 4.41. The summed E-state index contributed by atoms with van der Waals surface area (Å²) >= 11 is 0. The SMILES string of the molecule is COC(=O)c1cncc(NC=O)n1. The number of rotatable bonds is 3. The Hall–Kier alpha value is -1.98. The molecule has 0 spiro atoms. The Kier molecular flexibility index (Phi) is 2.91. The smallest absolute Gasteiger partial charge is 0.358 e. The van der Waals surface area contributed by atoms with Gasteiger partial charge in [0.25, 0.3) is 0 Å². The fraction of sp³-hybridized carbons (Fsp3) is 0.143. The molecule has 0 fully saturated rings. The molecule has 6 heteroatoms. The topological polar surface area (TPSA) is 81.2 Å². The zero-order valence-electron chi connectivity index (χ0n) is 6.85. The van der Waals surface area contributed by atoms with Crippen molar-refractivity contribution < 1.29 is 14.3 Å². The van der Waals surface area contributed by atoms with Gasteiger partial charge in [-0.05, 0) is 0 Å². The van der Waals surface area contributed by atoms with Crippen molar-refractivity contribution in [2.45, 2.75) is 0 Å². The van der Waals surface area contributed by atoms with Gasteiger partial charge in [0.05, 0.1) is 19.5 Å². The molecule has 1 aromatic heterocycles. The van der Waals surface area contributed by atoms with Crippen LogP contribution >= 0.6 is 0 Å². The highest BCUT2D eigenvalue weighted by Gasteiger charge is 2.07. The quantitative estimate of drug-likeness (QED) is 0.517. The second-order valence-electron chi connectivity index (χ2n) is 2.04. The third-order valence-corrected chi connectivity index (χ3v) is 1.24. The zero-order chi connectivity index (χ0) is 9.68. The van der Waals surface area contributed by atoms with Gasteiger partial charge < -0.3 is 10.1 Å². The fourth-order valence-electron chi connectivity index (χ4n) is 0.699. The molecule has 1 N–H and O–H groups in total. The van der Waals surface area contributed by atoms with Gasteiger partial charge >= 0.3 is 5.97 Å². The molecule has 1 rings (SSSR count). The summed E-state index contributed by atoms with van der Waals surface area (Å²) in [6.07, 6.45) is 3.02. The number of carbonyl (C=O) groups is 2. The number of hydrogen-bond donors (Lipinski definition) is 1. The summed E-state index contributed by atoms with van der Waals surface area (Å²) in [6, 6.07) is 0. The molecule has 1 amide bonds. The lowest BCUT2D eigenvalue weighted by Gasteiger charge is -1.99. The third-order valence-electron chi connectivity index (χ3n) is 1.24. The van der Waals surface area contributed by atoms with E-state index in [4.69, 9.17) is 0 Å². The Balaban J connectivity index is 2.90. The monoisotopic (exact) mass is 181 g/mol. The molecule has 68 valence electrons. The number of ether oxygens (including phenoxy) is 1. The van der Waals surface area contributed by atoms with E-state index in [-0.39, 0.29) is 11.5 Å². The fourth-order valence-corrected chi connectivity index (χ4v) is 0.699. The van der Waals surface area contributed by atoms with Crippen molar-refractivity contribution in [3.05, 3.63) is 18.1 Å². The van der Waals surface area contributed by atoms with Gasteiger partial charge in [0.2, 0.25) is 6.41 Å². The maximum absolute atomic E-state index is 10.9. The van der Waals surface area contributed by atoms with E-state index < -0.39 is 5.97 Å². The first-order chi connectivity index (χ1) is 6.27. The van der Waals surface area contributed by atoms with Crippen LogP contribution in [0.5, 0.6) is 0 Å². The maximum Gasteiger partial charge on any atom is 0.358 e. The zero-order valence-corrected chi connectivity index (χ0v) is 6.85. The number of methoxy groups -OCH3 is 1. The minimum atomic E-state index is -0.595. The Bertz CT molecular complexity index is 327. The molecule has 6 nitrogen and oxygen atoms in total. The lowest BCUT2D eigenvalue weighted by molar-refractivity contribution is -0.105. The first kappa shape index (κ1) is 9.11. The van der Waals surface area contributed by atoms with Gasteiger partial charge in [-0.25, -0.2) is 9.78 Å². The average Bonchev–Trinajstić information content (AvgIpc) is 2.18. The summed E-state index contributed by atoms with van der Waals surface area (Å²) in [5.74, 6) is -0.389. The van der Waals surface area contributed by atoms with Gasteiger partial charge in [-0.3, -0.25) is 9.78 Å². The Labute approximate surface area is 74.0 Å². The van der Waals surface area contributed by atoms with Crippen LogP contribution < -0.4 is 5.32 Å². The standard InChI is InChI=1S/C7H7N3O3/c1-13-7(12)5-2-8-3-6(10-5)9-4-11/h2-4H,1H3,(H,9,10,11). The molecular weight excluding hydrogens is 174 g/mol. The summed E-state index contributed by atoms with van der Waals surface area (Å²) in [7, 11) is 1.24. The summed E-state index contributed by atoms with van der Waals surface area (Å²) in [5.41, 5.74) is 0.0503. The van der Waals surface area contributed by atoms with Crippen LogP contribution in [0.4, 0.5) is 5.82 Å². The lowest BCUT2D eigenvalue weighted by Crippen LogP contribution is -2.07. The van der Waals surface area contributed by atoms with Crippen LogP contribution in [0.2, 0.25) is 0 Å². The van der Waals surface area contributed by atoms with Crippen LogP contribution in [0.25, 0.3) is 0 Å². The Morgan fingerprint density at radius 2 is 2.38 bits per heavy atom. The van der Waals surface area contributed by atoms with Crippen molar-refractivity contribution in [3.63, 3.8) is 0 Å². The van der Waals surface area contributed by atoms with Crippen LogP contribution in [-0.2, 0) is 9.53 Å². The van der Waals surface area contributed by atoms with E-state index in [2.05, 4.69) is 20.0 Å². The molecule has 1 aromatic rings. The van der Waals surface area contributed by atoms with E-state index in [1.54, 1.807) is 0 Å². The number of nitrogens with zero attached hydrogens (tertiary/aromatic N) is 2. The molecule has 0 saturated heterocycles. The van der Waals surface area contributed by atoms with Crippen molar-refractivity contribution in [1.29, 1.82) is 0 Å². The maximum atomic E-state index is 10.9. The summed E-state index contributed by atoms with van der Waals surface area (Å²) in [4.78, 5) is 28.4. The first-order valence-corrected chi connectivity index (χ1v) is 3.38. The number of anilines is 1. The number of nitrogens with one attached hydrogen (secondary N) is 1.